The van der Waals surface area contributed by atoms with Gasteiger partial charge in [-0.25, -0.2) is 0 Å². The number of aryl methyl sites for hydroxylation is 1. The largest absolute Gasteiger partial charge is 0.482 e. The first-order valence-corrected chi connectivity index (χ1v) is 12.7. The maximum atomic E-state index is 13.6. The fourth-order valence-electron chi connectivity index (χ4n) is 3.64. The fourth-order valence-corrected chi connectivity index (χ4v) is 4.37. The number of halogens is 2. The lowest BCUT2D eigenvalue weighted by Crippen LogP contribution is -2.52. The normalized spacial score (nSPS) is 11.7. The molecule has 0 saturated heterocycles. The first kappa shape index (κ1) is 26.8. The van der Waals surface area contributed by atoms with E-state index in [1.54, 1.807) is 23.1 Å². The minimum Gasteiger partial charge on any atom is -0.482 e. The highest BCUT2D eigenvalue weighted by atomic mass is 79.9. The van der Waals surface area contributed by atoms with Crippen LogP contribution < -0.4 is 10.1 Å². The third kappa shape index (κ3) is 8.11. The molecule has 0 aromatic heterocycles. The van der Waals surface area contributed by atoms with Gasteiger partial charge in [0.25, 0.3) is 5.91 Å². The van der Waals surface area contributed by atoms with Gasteiger partial charge in [0.2, 0.25) is 5.91 Å². The van der Waals surface area contributed by atoms with Gasteiger partial charge >= 0.3 is 0 Å². The molecule has 3 aromatic rings. The molecule has 3 aromatic carbocycles. The summed E-state index contributed by atoms with van der Waals surface area (Å²) in [6.45, 7) is 5.86. The van der Waals surface area contributed by atoms with Crippen molar-refractivity contribution < 1.29 is 14.3 Å². The van der Waals surface area contributed by atoms with Crippen LogP contribution in [0.5, 0.6) is 5.75 Å². The van der Waals surface area contributed by atoms with E-state index in [2.05, 4.69) is 21.2 Å². The Kier molecular flexibility index (Phi) is 9.75. The molecule has 0 aliphatic heterocycles. The minimum absolute atomic E-state index is 0.0603. The Bertz CT molecular complexity index is 1140. The molecule has 0 bridgehead atoms. The van der Waals surface area contributed by atoms with Crippen molar-refractivity contribution in [2.24, 2.45) is 0 Å². The van der Waals surface area contributed by atoms with E-state index >= 15 is 0 Å². The Morgan fingerprint density at radius 2 is 1.69 bits per heavy atom. The van der Waals surface area contributed by atoms with E-state index in [-0.39, 0.29) is 31.0 Å². The number of benzene rings is 3. The zero-order valence-corrected chi connectivity index (χ0v) is 22.5. The number of ether oxygens (including phenoxy) is 1. The summed E-state index contributed by atoms with van der Waals surface area (Å²) in [6, 6.07) is 22.1. The first-order chi connectivity index (χ1) is 16.7. The van der Waals surface area contributed by atoms with Crippen LogP contribution in [0.25, 0.3) is 0 Å². The van der Waals surface area contributed by atoms with Crippen molar-refractivity contribution in [3.8, 4) is 5.75 Å². The Morgan fingerprint density at radius 3 is 2.31 bits per heavy atom. The van der Waals surface area contributed by atoms with Crippen LogP contribution in [0.4, 0.5) is 0 Å². The van der Waals surface area contributed by atoms with Crippen LogP contribution in [0.1, 0.15) is 30.5 Å². The highest BCUT2D eigenvalue weighted by molar-refractivity contribution is 9.10. The number of nitrogens with one attached hydrogen (secondary N) is 1. The molecular weight excluding hydrogens is 528 g/mol. The molecule has 3 rings (SSSR count). The van der Waals surface area contributed by atoms with Gasteiger partial charge in [0.15, 0.2) is 6.61 Å². The summed E-state index contributed by atoms with van der Waals surface area (Å²) in [7, 11) is 0. The van der Waals surface area contributed by atoms with E-state index in [1.165, 1.54) is 0 Å². The van der Waals surface area contributed by atoms with Gasteiger partial charge in [0.05, 0.1) is 5.02 Å². The van der Waals surface area contributed by atoms with Crippen molar-refractivity contribution in [3.63, 3.8) is 0 Å². The van der Waals surface area contributed by atoms with Gasteiger partial charge in [-0.15, -0.1) is 0 Å². The third-order valence-corrected chi connectivity index (χ3v) is 6.21. The number of carbonyl (C=O) groups is 2. The van der Waals surface area contributed by atoms with Crippen LogP contribution in [0.15, 0.2) is 77.3 Å². The quantitative estimate of drug-likeness (QED) is 0.335. The van der Waals surface area contributed by atoms with Crippen molar-refractivity contribution >= 4 is 39.3 Å². The standard InChI is InChI=1S/C28H30BrClN2O3/c1-19(2)31-28(34)25(15-21-7-5-4-6-8-21)32(17-22-11-9-20(3)10-12-22)27(33)18-35-26-14-13-23(29)16-24(26)30/h4-14,16,19,25H,15,17-18H2,1-3H3,(H,31,34). The first-order valence-electron chi connectivity index (χ1n) is 11.5. The summed E-state index contributed by atoms with van der Waals surface area (Å²) >= 11 is 9.64. The molecule has 0 saturated carbocycles. The maximum Gasteiger partial charge on any atom is 0.261 e. The van der Waals surface area contributed by atoms with E-state index < -0.39 is 6.04 Å². The van der Waals surface area contributed by atoms with Crippen LogP contribution in [-0.2, 0) is 22.6 Å². The average Bonchev–Trinajstić information content (AvgIpc) is 2.82. The molecule has 35 heavy (non-hydrogen) atoms. The van der Waals surface area contributed by atoms with Gasteiger partial charge in [0.1, 0.15) is 11.8 Å². The molecule has 0 aliphatic carbocycles. The minimum atomic E-state index is -0.711. The highest BCUT2D eigenvalue weighted by Crippen LogP contribution is 2.28. The topological polar surface area (TPSA) is 58.6 Å². The molecule has 0 radical (unpaired) electrons. The molecular formula is C28H30BrClN2O3. The number of hydrogen-bond donors (Lipinski definition) is 1. The van der Waals surface area contributed by atoms with E-state index in [0.29, 0.717) is 17.2 Å². The van der Waals surface area contributed by atoms with Crippen molar-refractivity contribution in [3.05, 3.63) is 99.0 Å². The third-order valence-electron chi connectivity index (χ3n) is 5.42. The lowest BCUT2D eigenvalue weighted by Gasteiger charge is -2.32. The molecule has 1 N–H and O–H groups in total. The van der Waals surface area contributed by atoms with E-state index in [4.69, 9.17) is 16.3 Å². The second kappa shape index (κ2) is 12.8. The Morgan fingerprint density at radius 1 is 1.00 bits per heavy atom. The molecule has 0 spiro atoms. The molecule has 184 valence electrons. The molecule has 5 nitrogen and oxygen atoms in total. The second-order valence-electron chi connectivity index (χ2n) is 8.74. The van der Waals surface area contributed by atoms with Gasteiger partial charge < -0.3 is 15.0 Å². The van der Waals surface area contributed by atoms with Crippen LogP contribution >= 0.6 is 27.5 Å². The van der Waals surface area contributed by atoms with Gasteiger partial charge in [-0.05, 0) is 50.1 Å². The maximum absolute atomic E-state index is 13.6. The summed E-state index contributed by atoms with van der Waals surface area (Å²) in [6.07, 6.45) is 0.385. The summed E-state index contributed by atoms with van der Waals surface area (Å²) in [5, 5.41) is 3.38. The van der Waals surface area contributed by atoms with Crippen molar-refractivity contribution in [1.29, 1.82) is 0 Å². The lowest BCUT2D eigenvalue weighted by atomic mass is 10.0. The number of nitrogens with zero attached hydrogens (tertiary/aromatic N) is 1. The molecule has 0 aliphatic rings. The smallest absolute Gasteiger partial charge is 0.261 e. The SMILES string of the molecule is Cc1ccc(CN(C(=O)COc2ccc(Br)cc2Cl)C(Cc2ccccc2)C(=O)NC(C)C)cc1. The average molecular weight is 558 g/mol. The Balaban J connectivity index is 1.91. The number of rotatable bonds is 10. The predicted octanol–water partition coefficient (Wildman–Crippen LogP) is 5.95. The Labute approximate surface area is 220 Å². The van der Waals surface area contributed by atoms with Crippen LogP contribution in [0.3, 0.4) is 0 Å². The van der Waals surface area contributed by atoms with Gasteiger partial charge in [-0.2, -0.15) is 0 Å². The van der Waals surface area contributed by atoms with Gasteiger partial charge in [-0.1, -0.05) is 87.7 Å². The zero-order chi connectivity index (χ0) is 25.4. The molecule has 7 heteroatoms. The van der Waals surface area contributed by atoms with Gasteiger partial charge in [0, 0.05) is 23.5 Å². The van der Waals surface area contributed by atoms with E-state index in [9.17, 15) is 9.59 Å². The zero-order valence-electron chi connectivity index (χ0n) is 20.1. The highest BCUT2D eigenvalue weighted by Gasteiger charge is 2.31. The molecule has 0 fully saturated rings. The molecule has 0 heterocycles. The molecule has 1 unspecified atom stereocenters. The van der Waals surface area contributed by atoms with Crippen molar-refractivity contribution in [2.45, 2.75) is 45.8 Å². The van der Waals surface area contributed by atoms with E-state index in [1.807, 2.05) is 75.4 Å². The number of hydrogen-bond acceptors (Lipinski definition) is 3. The lowest BCUT2D eigenvalue weighted by molar-refractivity contribution is -0.143. The summed E-state index contributed by atoms with van der Waals surface area (Å²) in [5.74, 6) is -0.0971. The number of amides is 2. The van der Waals surface area contributed by atoms with E-state index in [0.717, 1.165) is 21.2 Å². The van der Waals surface area contributed by atoms with Crippen LogP contribution in [0.2, 0.25) is 5.02 Å². The summed E-state index contributed by atoms with van der Waals surface area (Å²) in [4.78, 5) is 28.5. The van der Waals surface area contributed by atoms with Crippen molar-refractivity contribution in [2.75, 3.05) is 6.61 Å². The number of carbonyl (C=O) groups excluding carboxylic acids is 2. The monoisotopic (exact) mass is 556 g/mol. The second-order valence-corrected chi connectivity index (χ2v) is 10.1. The van der Waals surface area contributed by atoms with Crippen LogP contribution in [0, 0.1) is 6.92 Å². The summed E-state index contributed by atoms with van der Waals surface area (Å²) < 4.78 is 6.59. The van der Waals surface area contributed by atoms with Gasteiger partial charge in [-0.3, -0.25) is 9.59 Å². The Hall–Kier alpha value is -2.83. The molecule has 2 amide bonds. The van der Waals surface area contributed by atoms with Crippen LogP contribution in [-0.4, -0.2) is 35.4 Å². The fraction of sp³-hybridized carbons (Fsp3) is 0.286. The van der Waals surface area contributed by atoms with Crippen molar-refractivity contribution in [1.82, 2.24) is 10.2 Å². The molecule has 1 atom stereocenters. The summed E-state index contributed by atoms with van der Waals surface area (Å²) in [5.41, 5.74) is 3.02. The predicted molar refractivity (Wildman–Crippen MR) is 144 cm³/mol.